The Labute approximate surface area is 201 Å². The van der Waals surface area contributed by atoms with E-state index in [9.17, 15) is 20.2 Å². The number of carbonyl (C=O) groups excluding carboxylic acids is 1. The summed E-state index contributed by atoms with van der Waals surface area (Å²) in [5.41, 5.74) is 0.825. The maximum absolute atomic E-state index is 12.6. The van der Waals surface area contributed by atoms with Gasteiger partial charge in [0.25, 0.3) is 11.6 Å². The molecule has 8 nitrogen and oxygen atoms in total. The van der Waals surface area contributed by atoms with Gasteiger partial charge in [-0.05, 0) is 42.8 Å². The third kappa shape index (κ3) is 6.12. The molecule has 0 fully saturated rings. The van der Waals surface area contributed by atoms with Crippen molar-refractivity contribution in [2.45, 2.75) is 13.5 Å². The molecule has 0 aromatic heterocycles. The Morgan fingerprint density at radius 1 is 1.12 bits per heavy atom. The average Bonchev–Trinajstić information content (AvgIpc) is 2.83. The van der Waals surface area contributed by atoms with E-state index < -0.39 is 10.8 Å². The van der Waals surface area contributed by atoms with Crippen LogP contribution in [0.4, 0.5) is 11.4 Å². The number of nitro benzene ring substituents is 1. The van der Waals surface area contributed by atoms with Crippen LogP contribution in [0.5, 0.6) is 11.5 Å². The number of para-hydroxylation sites is 2. The largest absolute Gasteiger partial charge is 0.490 e. The maximum Gasteiger partial charge on any atom is 0.292 e. The smallest absolute Gasteiger partial charge is 0.292 e. The average molecular weight is 478 g/mol. The molecule has 0 unspecified atom stereocenters. The second kappa shape index (κ2) is 11.5. The fraction of sp³-hybridized carbons (Fsp3) is 0.120. The summed E-state index contributed by atoms with van der Waals surface area (Å²) < 4.78 is 11.5. The first-order valence-corrected chi connectivity index (χ1v) is 10.6. The van der Waals surface area contributed by atoms with E-state index in [0.717, 1.165) is 5.56 Å². The quantitative estimate of drug-likeness (QED) is 0.181. The Kier molecular flexibility index (Phi) is 8.21. The van der Waals surface area contributed by atoms with Gasteiger partial charge in [-0.25, -0.2) is 0 Å². The first-order valence-electron chi connectivity index (χ1n) is 10.2. The molecule has 9 heteroatoms. The minimum atomic E-state index is -0.770. The second-order valence-corrected chi connectivity index (χ2v) is 7.32. The van der Waals surface area contributed by atoms with Crippen LogP contribution >= 0.6 is 11.6 Å². The third-order valence-electron chi connectivity index (χ3n) is 4.63. The molecule has 34 heavy (non-hydrogen) atoms. The molecule has 0 aliphatic carbocycles. The highest BCUT2D eigenvalue weighted by Crippen LogP contribution is 2.31. The summed E-state index contributed by atoms with van der Waals surface area (Å²) in [6.45, 7) is 2.43. The van der Waals surface area contributed by atoms with Gasteiger partial charge >= 0.3 is 0 Å². The number of nitrogens with one attached hydrogen (secondary N) is 1. The first kappa shape index (κ1) is 24.3. The zero-order chi connectivity index (χ0) is 24.5. The molecule has 0 bridgehead atoms. The number of ether oxygens (including phenoxy) is 2. The van der Waals surface area contributed by atoms with Crippen LogP contribution in [0.25, 0.3) is 6.08 Å². The molecule has 0 heterocycles. The van der Waals surface area contributed by atoms with Crippen molar-refractivity contribution < 1.29 is 19.2 Å². The highest BCUT2D eigenvalue weighted by atomic mass is 35.5. The summed E-state index contributed by atoms with van der Waals surface area (Å²) in [5.74, 6) is 0.135. The lowest BCUT2D eigenvalue weighted by Gasteiger charge is -2.13. The Balaban J connectivity index is 1.82. The van der Waals surface area contributed by atoms with E-state index >= 15 is 0 Å². The topological polar surface area (TPSA) is 114 Å². The number of hydrogen-bond acceptors (Lipinski definition) is 6. The van der Waals surface area contributed by atoms with Crippen molar-refractivity contribution in [2.24, 2.45) is 0 Å². The zero-order valence-electron chi connectivity index (χ0n) is 18.2. The summed E-state index contributed by atoms with van der Waals surface area (Å²) in [7, 11) is 0. The van der Waals surface area contributed by atoms with Crippen molar-refractivity contribution in [1.82, 2.24) is 0 Å². The molecule has 0 saturated heterocycles. The highest BCUT2D eigenvalue weighted by Gasteiger charge is 2.17. The van der Waals surface area contributed by atoms with Gasteiger partial charge < -0.3 is 14.8 Å². The van der Waals surface area contributed by atoms with Crippen LogP contribution in [0, 0.1) is 21.4 Å². The second-order valence-electron chi connectivity index (χ2n) is 6.92. The molecule has 0 aliphatic rings. The molecular weight excluding hydrogens is 458 g/mol. The zero-order valence-corrected chi connectivity index (χ0v) is 18.9. The summed E-state index contributed by atoms with van der Waals surface area (Å²) in [6, 6.07) is 19.8. The Morgan fingerprint density at radius 3 is 2.56 bits per heavy atom. The molecule has 0 spiro atoms. The SMILES string of the molecule is CCOc1cc(C=C(C#N)C(=O)Nc2ccccc2[N+](=O)[O-])ccc1OCc1ccccc1Cl. The lowest BCUT2D eigenvalue weighted by Crippen LogP contribution is -2.14. The van der Waals surface area contributed by atoms with Gasteiger partial charge in [0.2, 0.25) is 0 Å². The molecule has 0 aliphatic heterocycles. The number of nitro groups is 1. The summed E-state index contributed by atoms with van der Waals surface area (Å²) in [6.07, 6.45) is 1.37. The number of hydrogen-bond donors (Lipinski definition) is 1. The fourth-order valence-electron chi connectivity index (χ4n) is 3.02. The van der Waals surface area contributed by atoms with Gasteiger partial charge in [-0.15, -0.1) is 0 Å². The molecule has 3 rings (SSSR count). The Bertz CT molecular complexity index is 1280. The van der Waals surface area contributed by atoms with Gasteiger partial charge in [-0.2, -0.15) is 5.26 Å². The number of amides is 1. The third-order valence-corrected chi connectivity index (χ3v) is 5.00. The van der Waals surface area contributed by atoms with Crippen molar-refractivity contribution in [3.05, 3.63) is 98.6 Å². The van der Waals surface area contributed by atoms with E-state index in [-0.39, 0.29) is 23.6 Å². The first-order chi connectivity index (χ1) is 16.4. The van der Waals surface area contributed by atoms with Crippen LogP contribution in [0.15, 0.2) is 72.3 Å². The summed E-state index contributed by atoms with van der Waals surface area (Å²) >= 11 is 6.18. The number of nitrogens with zero attached hydrogens (tertiary/aromatic N) is 2. The Hall–Kier alpha value is -4.35. The maximum atomic E-state index is 12.6. The number of anilines is 1. The van der Waals surface area contributed by atoms with Gasteiger partial charge in [0, 0.05) is 16.7 Å². The molecule has 1 amide bonds. The van der Waals surface area contributed by atoms with E-state index in [4.69, 9.17) is 21.1 Å². The van der Waals surface area contributed by atoms with E-state index in [1.807, 2.05) is 31.2 Å². The number of benzene rings is 3. The standard InChI is InChI=1S/C25H20ClN3O5/c1-2-33-24-14-17(11-12-23(24)34-16-18-7-3-4-8-20(18)26)13-19(15-27)25(30)28-21-9-5-6-10-22(21)29(31)32/h3-14H,2,16H2,1H3,(H,28,30). The molecule has 3 aromatic rings. The van der Waals surface area contributed by atoms with Crippen molar-refractivity contribution >= 4 is 35.0 Å². The predicted octanol–water partition coefficient (Wildman–Crippen LogP) is 5.77. The number of carbonyl (C=O) groups is 1. The molecule has 0 saturated carbocycles. The molecule has 3 aromatic carbocycles. The number of rotatable bonds is 9. The molecule has 0 atom stereocenters. The van der Waals surface area contributed by atoms with Crippen molar-refractivity contribution in [2.75, 3.05) is 11.9 Å². The molecule has 1 N–H and O–H groups in total. The molecular formula is C25H20ClN3O5. The van der Waals surface area contributed by atoms with E-state index in [1.165, 1.54) is 24.3 Å². The lowest BCUT2D eigenvalue weighted by molar-refractivity contribution is -0.383. The molecule has 0 radical (unpaired) electrons. The van der Waals surface area contributed by atoms with Crippen LogP contribution in [-0.2, 0) is 11.4 Å². The van der Waals surface area contributed by atoms with Crippen LogP contribution < -0.4 is 14.8 Å². The van der Waals surface area contributed by atoms with Crippen LogP contribution in [0.2, 0.25) is 5.02 Å². The summed E-state index contributed by atoms with van der Waals surface area (Å²) in [5, 5.41) is 23.7. The minimum Gasteiger partial charge on any atom is -0.490 e. The van der Waals surface area contributed by atoms with Gasteiger partial charge in [0.05, 0.1) is 11.5 Å². The molecule has 172 valence electrons. The lowest BCUT2D eigenvalue weighted by atomic mass is 10.1. The van der Waals surface area contributed by atoms with Crippen molar-refractivity contribution in [3.63, 3.8) is 0 Å². The van der Waals surface area contributed by atoms with Gasteiger partial charge in [0.1, 0.15) is 23.9 Å². The van der Waals surface area contributed by atoms with E-state index in [1.54, 1.807) is 30.3 Å². The van der Waals surface area contributed by atoms with Gasteiger partial charge in [-0.3, -0.25) is 14.9 Å². The highest BCUT2D eigenvalue weighted by molar-refractivity contribution is 6.31. The number of nitriles is 1. The van der Waals surface area contributed by atoms with Gasteiger partial charge in [-0.1, -0.05) is 48.0 Å². The van der Waals surface area contributed by atoms with Crippen molar-refractivity contribution in [3.8, 4) is 17.6 Å². The summed E-state index contributed by atoms with van der Waals surface area (Å²) in [4.78, 5) is 23.2. The minimum absolute atomic E-state index is 0.00280. The van der Waals surface area contributed by atoms with E-state index in [2.05, 4.69) is 5.32 Å². The van der Waals surface area contributed by atoms with Crippen LogP contribution in [0.3, 0.4) is 0 Å². The van der Waals surface area contributed by atoms with Crippen LogP contribution in [-0.4, -0.2) is 17.4 Å². The fourth-order valence-corrected chi connectivity index (χ4v) is 3.21. The normalized spacial score (nSPS) is 10.8. The van der Waals surface area contributed by atoms with E-state index in [0.29, 0.717) is 28.7 Å². The van der Waals surface area contributed by atoms with Gasteiger partial charge in [0.15, 0.2) is 11.5 Å². The van der Waals surface area contributed by atoms with Crippen LogP contribution in [0.1, 0.15) is 18.1 Å². The predicted molar refractivity (Wildman–Crippen MR) is 129 cm³/mol. The Morgan fingerprint density at radius 2 is 1.85 bits per heavy atom. The monoisotopic (exact) mass is 477 g/mol. The number of halogens is 1. The van der Waals surface area contributed by atoms with Crippen molar-refractivity contribution in [1.29, 1.82) is 5.26 Å².